The largest absolute Gasteiger partial charge is 0.365 e. The highest BCUT2D eigenvalue weighted by molar-refractivity contribution is 7.21. The predicted molar refractivity (Wildman–Crippen MR) is 157 cm³/mol. The van der Waals surface area contributed by atoms with Gasteiger partial charge in [0, 0.05) is 47.4 Å². The Hall–Kier alpha value is -5.04. The first-order chi connectivity index (χ1) is 20.0. The number of nitrogens with one attached hydrogen (secondary N) is 1. The summed E-state index contributed by atoms with van der Waals surface area (Å²) in [6, 6.07) is 10.1. The summed E-state index contributed by atoms with van der Waals surface area (Å²) in [5.41, 5.74) is 10.0. The number of hydrogen-bond acceptors (Lipinski definition) is 7. The van der Waals surface area contributed by atoms with Crippen LogP contribution < -0.4 is 11.1 Å². The Bertz CT molecular complexity index is 2060. The standard InChI is InChI=1S/C29H24F2N8O2S/c1-13-18(11-33-38(13)3)16-9-22(26(30)31)36-29-23(16)24(25(42-29)27(32)40)37-28(41)17-10-21(19-12-34-39(4)14(19)2)35-20-8-6-5-7-15(17)20/h5-12,26H,1-4H3,(H2,32,40)(H,37,41). The first kappa shape index (κ1) is 27.1. The molecule has 6 aromatic rings. The number of fused-ring (bicyclic) bond motifs is 2. The van der Waals surface area contributed by atoms with Crippen molar-refractivity contribution in [2.24, 2.45) is 19.8 Å². The van der Waals surface area contributed by atoms with Crippen molar-refractivity contribution in [3.63, 3.8) is 0 Å². The van der Waals surface area contributed by atoms with E-state index >= 15 is 0 Å². The molecule has 0 atom stereocenters. The third-order valence-corrected chi connectivity index (χ3v) is 8.46. The zero-order valence-corrected chi connectivity index (χ0v) is 23.8. The highest BCUT2D eigenvalue weighted by Gasteiger charge is 2.27. The second-order valence-electron chi connectivity index (χ2n) is 9.81. The van der Waals surface area contributed by atoms with Crippen LogP contribution in [0.5, 0.6) is 0 Å². The molecule has 5 heterocycles. The summed E-state index contributed by atoms with van der Waals surface area (Å²) >= 11 is 0.846. The number of halogens is 2. The summed E-state index contributed by atoms with van der Waals surface area (Å²) in [4.78, 5) is 35.7. The third kappa shape index (κ3) is 4.38. The van der Waals surface area contributed by atoms with Crippen LogP contribution in [0.1, 0.15) is 43.5 Å². The smallest absolute Gasteiger partial charge is 0.280 e. The Morgan fingerprint density at radius 2 is 1.62 bits per heavy atom. The van der Waals surface area contributed by atoms with Crippen LogP contribution >= 0.6 is 11.3 Å². The Morgan fingerprint density at radius 1 is 0.952 bits per heavy atom. The van der Waals surface area contributed by atoms with Gasteiger partial charge in [-0.3, -0.25) is 19.0 Å². The van der Waals surface area contributed by atoms with E-state index in [4.69, 9.17) is 10.7 Å². The number of nitrogens with two attached hydrogens (primary N) is 1. The summed E-state index contributed by atoms with van der Waals surface area (Å²) in [5, 5.41) is 12.3. The van der Waals surface area contributed by atoms with Crippen LogP contribution in [-0.2, 0) is 14.1 Å². The molecule has 6 rings (SSSR count). The molecule has 2 amide bonds. The molecule has 0 aliphatic heterocycles. The molecule has 0 saturated heterocycles. The van der Waals surface area contributed by atoms with Gasteiger partial charge in [-0.1, -0.05) is 18.2 Å². The number of anilines is 1. The third-order valence-electron chi connectivity index (χ3n) is 7.37. The maximum absolute atomic E-state index is 14.0. The Kier molecular flexibility index (Phi) is 6.53. The zero-order chi connectivity index (χ0) is 29.9. The minimum atomic E-state index is -2.86. The van der Waals surface area contributed by atoms with Crippen molar-refractivity contribution in [1.82, 2.24) is 29.5 Å². The Labute approximate surface area is 241 Å². The van der Waals surface area contributed by atoms with Gasteiger partial charge in [0.05, 0.1) is 34.9 Å². The van der Waals surface area contributed by atoms with E-state index in [2.05, 4.69) is 20.5 Å². The fourth-order valence-electron chi connectivity index (χ4n) is 4.93. The molecule has 0 aliphatic rings. The maximum atomic E-state index is 14.0. The van der Waals surface area contributed by atoms with E-state index in [9.17, 15) is 18.4 Å². The van der Waals surface area contributed by atoms with Gasteiger partial charge < -0.3 is 11.1 Å². The molecule has 0 saturated carbocycles. The van der Waals surface area contributed by atoms with Gasteiger partial charge in [-0.25, -0.2) is 18.7 Å². The molecule has 0 aliphatic carbocycles. The number of nitrogens with zero attached hydrogens (tertiary/aromatic N) is 6. The molecular weight excluding hydrogens is 562 g/mol. The molecule has 13 heteroatoms. The number of hydrogen-bond donors (Lipinski definition) is 2. The van der Waals surface area contributed by atoms with Crippen LogP contribution in [0.3, 0.4) is 0 Å². The molecule has 3 N–H and O–H groups in total. The Morgan fingerprint density at radius 3 is 2.24 bits per heavy atom. The lowest BCUT2D eigenvalue weighted by Gasteiger charge is -2.13. The number of para-hydroxylation sites is 1. The molecule has 1 aromatic carbocycles. The van der Waals surface area contributed by atoms with Gasteiger partial charge in [0.15, 0.2) is 0 Å². The highest BCUT2D eigenvalue weighted by Crippen LogP contribution is 2.43. The van der Waals surface area contributed by atoms with Crippen LogP contribution in [0.4, 0.5) is 14.5 Å². The normalized spacial score (nSPS) is 11.6. The number of primary amides is 1. The quantitative estimate of drug-likeness (QED) is 0.263. The number of alkyl halides is 2. The molecule has 42 heavy (non-hydrogen) atoms. The lowest BCUT2D eigenvalue weighted by Crippen LogP contribution is -2.17. The molecule has 0 spiro atoms. The van der Waals surface area contributed by atoms with Gasteiger partial charge in [-0.05, 0) is 37.6 Å². The van der Waals surface area contributed by atoms with Gasteiger partial charge in [-0.15, -0.1) is 11.3 Å². The summed E-state index contributed by atoms with van der Waals surface area (Å²) in [7, 11) is 3.54. The minimum Gasteiger partial charge on any atom is -0.365 e. The van der Waals surface area contributed by atoms with E-state index in [0.717, 1.165) is 22.6 Å². The number of amides is 2. The van der Waals surface area contributed by atoms with Gasteiger partial charge >= 0.3 is 0 Å². The second kappa shape index (κ2) is 10.1. The van der Waals surface area contributed by atoms with Gasteiger partial charge in [0.1, 0.15) is 15.4 Å². The Balaban J connectivity index is 1.57. The summed E-state index contributed by atoms with van der Waals surface area (Å²) in [5.74, 6) is -1.36. The van der Waals surface area contributed by atoms with Crippen LogP contribution in [0.2, 0.25) is 0 Å². The molecule has 212 valence electrons. The molecule has 0 bridgehead atoms. The first-order valence-corrected chi connectivity index (χ1v) is 13.6. The van der Waals surface area contributed by atoms with E-state index in [-0.39, 0.29) is 15.4 Å². The minimum absolute atomic E-state index is 0.0123. The average molecular weight is 587 g/mol. The highest BCUT2D eigenvalue weighted by atomic mass is 32.1. The van der Waals surface area contributed by atoms with Crippen molar-refractivity contribution in [1.29, 1.82) is 0 Å². The van der Waals surface area contributed by atoms with E-state index in [0.29, 0.717) is 44.4 Å². The van der Waals surface area contributed by atoms with E-state index < -0.39 is 23.9 Å². The van der Waals surface area contributed by atoms with Gasteiger partial charge in [-0.2, -0.15) is 10.2 Å². The average Bonchev–Trinajstić information content (AvgIpc) is 3.62. The van der Waals surface area contributed by atoms with Crippen LogP contribution in [0.25, 0.3) is 43.5 Å². The van der Waals surface area contributed by atoms with Crippen molar-refractivity contribution in [2.75, 3.05) is 5.32 Å². The maximum Gasteiger partial charge on any atom is 0.280 e. The number of pyridine rings is 2. The van der Waals surface area contributed by atoms with E-state index in [1.54, 1.807) is 60.0 Å². The number of carbonyl (C=O) groups excluding carboxylic acids is 2. The predicted octanol–water partition coefficient (Wildman–Crippen LogP) is 5.55. The van der Waals surface area contributed by atoms with E-state index in [1.165, 1.54) is 6.07 Å². The van der Waals surface area contributed by atoms with Crippen molar-refractivity contribution in [2.45, 2.75) is 20.3 Å². The van der Waals surface area contributed by atoms with Gasteiger partial charge in [0.25, 0.3) is 18.2 Å². The second-order valence-corrected chi connectivity index (χ2v) is 10.8. The molecule has 0 unspecified atom stereocenters. The summed E-state index contributed by atoms with van der Waals surface area (Å²) < 4.78 is 31.1. The number of carbonyl (C=O) groups is 2. The van der Waals surface area contributed by atoms with Crippen molar-refractivity contribution in [3.8, 4) is 22.4 Å². The van der Waals surface area contributed by atoms with E-state index in [1.807, 2.05) is 20.0 Å². The zero-order valence-electron chi connectivity index (χ0n) is 22.9. The number of thiophene rings is 1. The topological polar surface area (TPSA) is 134 Å². The fourth-order valence-corrected chi connectivity index (χ4v) is 5.94. The SMILES string of the molecule is Cc1c(-c2cc(C(=O)Nc3c(C(N)=O)sc4nc(C(F)F)cc(-c5cnn(C)c5C)c34)c3ccccc3n2)cnn1C. The van der Waals surface area contributed by atoms with Crippen molar-refractivity contribution < 1.29 is 18.4 Å². The fraction of sp³-hybridized carbons (Fsp3) is 0.172. The molecule has 0 fully saturated rings. The summed E-state index contributed by atoms with van der Waals surface area (Å²) in [6.07, 6.45) is 0.367. The van der Waals surface area contributed by atoms with Crippen molar-refractivity contribution in [3.05, 3.63) is 76.3 Å². The first-order valence-electron chi connectivity index (χ1n) is 12.8. The number of aryl methyl sites for hydroxylation is 2. The number of aromatic nitrogens is 6. The molecular formula is C29H24F2N8O2S. The molecule has 5 aromatic heterocycles. The molecule has 0 radical (unpaired) electrons. The molecule has 10 nitrogen and oxygen atoms in total. The summed E-state index contributed by atoms with van der Waals surface area (Å²) in [6.45, 7) is 3.69. The monoisotopic (exact) mass is 586 g/mol. The lowest BCUT2D eigenvalue weighted by molar-refractivity contribution is 0.100. The van der Waals surface area contributed by atoms with Crippen LogP contribution in [-0.4, -0.2) is 41.3 Å². The van der Waals surface area contributed by atoms with Crippen LogP contribution in [0, 0.1) is 13.8 Å². The van der Waals surface area contributed by atoms with Gasteiger partial charge in [0.2, 0.25) is 0 Å². The number of rotatable bonds is 6. The van der Waals surface area contributed by atoms with Crippen molar-refractivity contribution >= 4 is 50.0 Å². The lowest BCUT2D eigenvalue weighted by atomic mass is 10.0. The van der Waals surface area contributed by atoms with Crippen LogP contribution in [0.15, 0.2) is 48.8 Å². The number of benzene rings is 1.